The van der Waals surface area contributed by atoms with E-state index in [1.807, 2.05) is 62.4 Å². The molecule has 0 aliphatic carbocycles. The van der Waals surface area contributed by atoms with E-state index in [1.165, 1.54) is 4.31 Å². The number of carbonyl (C=O) groups excluding carboxylic acids is 1. The lowest BCUT2D eigenvalue weighted by Gasteiger charge is -2.30. The second-order valence-electron chi connectivity index (χ2n) is 9.18. The summed E-state index contributed by atoms with van der Waals surface area (Å²) in [6.45, 7) is 7.10. The van der Waals surface area contributed by atoms with Crippen LogP contribution < -0.4 is 10.1 Å². The maximum Gasteiger partial charge on any atom is 0.248 e. The number of hydrogen-bond donors (Lipinski definition) is 1. The fourth-order valence-corrected chi connectivity index (χ4v) is 6.06. The topological polar surface area (TPSA) is 102 Å². The fourth-order valence-electron chi connectivity index (χ4n) is 4.34. The maximum atomic E-state index is 13.5. The highest BCUT2D eigenvalue weighted by Crippen LogP contribution is 2.29. The van der Waals surface area contributed by atoms with Gasteiger partial charge in [0.1, 0.15) is 11.4 Å². The van der Waals surface area contributed by atoms with Gasteiger partial charge in [0.05, 0.1) is 6.61 Å². The molecule has 0 atom stereocenters. The van der Waals surface area contributed by atoms with Crippen LogP contribution in [0, 0.1) is 19.8 Å². The molecule has 196 valence electrons. The van der Waals surface area contributed by atoms with Gasteiger partial charge in [0.25, 0.3) is 0 Å². The lowest BCUT2D eigenvalue weighted by molar-refractivity contribution is -0.126. The second kappa shape index (κ2) is 11.7. The van der Waals surface area contributed by atoms with E-state index in [1.54, 1.807) is 19.1 Å². The minimum Gasteiger partial charge on any atom is -0.494 e. The summed E-state index contributed by atoms with van der Waals surface area (Å²) in [6.07, 6.45) is 4.35. The van der Waals surface area contributed by atoms with Gasteiger partial charge in [-0.25, -0.2) is 8.42 Å². The predicted molar refractivity (Wildman–Crippen MR) is 142 cm³/mol. The van der Waals surface area contributed by atoms with Gasteiger partial charge in [-0.2, -0.15) is 4.31 Å². The van der Waals surface area contributed by atoms with Crippen molar-refractivity contribution < 1.29 is 22.5 Å². The van der Waals surface area contributed by atoms with Crippen LogP contribution in [0.15, 0.2) is 57.9 Å². The summed E-state index contributed by atoms with van der Waals surface area (Å²) in [5, 5.41) is 6.89. The molecule has 1 aliphatic rings. The van der Waals surface area contributed by atoms with Crippen molar-refractivity contribution in [1.82, 2.24) is 14.8 Å². The maximum absolute atomic E-state index is 13.5. The van der Waals surface area contributed by atoms with Crippen molar-refractivity contribution in [3.05, 3.63) is 76.7 Å². The summed E-state index contributed by atoms with van der Waals surface area (Å²) >= 11 is 0. The molecular formula is C28H33N3O5S. The van der Waals surface area contributed by atoms with Crippen molar-refractivity contribution in [1.29, 1.82) is 0 Å². The van der Waals surface area contributed by atoms with E-state index in [9.17, 15) is 13.2 Å². The number of aromatic nitrogens is 1. The molecule has 9 heteroatoms. The molecule has 1 amide bonds. The Morgan fingerprint density at radius 3 is 2.41 bits per heavy atom. The third kappa shape index (κ3) is 6.47. The summed E-state index contributed by atoms with van der Waals surface area (Å²) in [5.74, 6) is 0.698. The van der Waals surface area contributed by atoms with Gasteiger partial charge in [-0.3, -0.25) is 4.79 Å². The van der Waals surface area contributed by atoms with Crippen LogP contribution in [0.5, 0.6) is 5.75 Å². The molecule has 2 aromatic carbocycles. The average Bonchev–Trinajstić information content (AvgIpc) is 3.29. The summed E-state index contributed by atoms with van der Waals surface area (Å²) in [6, 6.07) is 15.5. The molecule has 0 unspecified atom stereocenters. The van der Waals surface area contributed by atoms with Crippen LogP contribution in [0.3, 0.4) is 0 Å². The lowest BCUT2D eigenvalue weighted by atomic mass is 9.97. The normalized spacial score (nSPS) is 15.2. The summed E-state index contributed by atoms with van der Waals surface area (Å²) in [5.41, 5.74) is 3.37. The lowest BCUT2D eigenvalue weighted by Crippen LogP contribution is -2.43. The molecular weight excluding hydrogens is 490 g/mol. The molecule has 8 nitrogen and oxygen atoms in total. The van der Waals surface area contributed by atoms with Crippen LogP contribution in [0.1, 0.15) is 47.9 Å². The van der Waals surface area contributed by atoms with Gasteiger partial charge in [0.2, 0.25) is 15.9 Å². The molecule has 1 aliphatic heterocycles. The molecule has 37 heavy (non-hydrogen) atoms. The Bertz CT molecular complexity index is 1340. The monoisotopic (exact) mass is 523 g/mol. The molecule has 0 saturated carbocycles. The molecule has 3 aromatic rings. The van der Waals surface area contributed by atoms with Crippen LogP contribution in [0.2, 0.25) is 0 Å². The zero-order chi connectivity index (χ0) is 26.4. The first-order valence-corrected chi connectivity index (χ1v) is 13.9. The van der Waals surface area contributed by atoms with E-state index in [0.717, 1.165) is 22.4 Å². The summed E-state index contributed by atoms with van der Waals surface area (Å²) in [7, 11) is -3.82. The molecule has 2 heterocycles. The highest BCUT2D eigenvalue weighted by Gasteiger charge is 2.35. The van der Waals surface area contributed by atoms with Crippen molar-refractivity contribution in [3.63, 3.8) is 0 Å². The molecule has 0 radical (unpaired) electrons. The molecule has 0 spiro atoms. The number of amides is 1. The summed E-state index contributed by atoms with van der Waals surface area (Å²) in [4.78, 5) is 12.8. The highest BCUT2D eigenvalue weighted by atomic mass is 32.2. The molecule has 4 rings (SSSR count). The number of rotatable bonds is 9. The highest BCUT2D eigenvalue weighted by molar-refractivity contribution is 7.89. The first kappa shape index (κ1) is 26.6. The van der Waals surface area contributed by atoms with Crippen molar-refractivity contribution in [3.8, 4) is 5.75 Å². The number of nitrogens with one attached hydrogen (secondary N) is 1. The van der Waals surface area contributed by atoms with Gasteiger partial charge >= 0.3 is 0 Å². The molecule has 1 saturated heterocycles. The van der Waals surface area contributed by atoms with Crippen LogP contribution >= 0.6 is 0 Å². The minimum atomic E-state index is -3.82. The van der Waals surface area contributed by atoms with Crippen molar-refractivity contribution >= 4 is 28.1 Å². The smallest absolute Gasteiger partial charge is 0.248 e. The van der Waals surface area contributed by atoms with E-state index < -0.39 is 10.0 Å². The third-order valence-electron chi connectivity index (χ3n) is 6.46. The number of benzene rings is 2. The van der Waals surface area contributed by atoms with Crippen LogP contribution in [0.25, 0.3) is 12.2 Å². The zero-order valence-corrected chi connectivity index (χ0v) is 22.3. The van der Waals surface area contributed by atoms with E-state index in [2.05, 4.69) is 10.5 Å². The summed E-state index contributed by atoms with van der Waals surface area (Å²) < 4.78 is 39.2. The number of hydrogen-bond acceptors (Lipinski definition) is 6. The van der Waals surface area contributed by atoms with Gasteiger partial charge in [-0.15, -0.1) is 0 Å². The first-order valence-electron chi connectivity index (χ1n) is 12.5. The van der Waals surface area contributed by atoms with E-state index in [4.69, 9.17) is 9.26 Å². The Morgan fingerprint density at radius 2 is 1.76 bits per heavy atom. The van der Waals surface area contributed by atoms with Crippen LogP contribution in [0.4, 0.5) is 0 Å². The Morgan fingerprint density at radius 1 is 1.08 bits per heavy atom. The van der Waals surface area contributed by atoms with Crippen LogP contribution in [-0.4, -0.2) is 43.5 Å². The number of aryl methyl sites for hydroxylation is 2. The Hall–Kier alpha value is -3.43. The Balaban J connectivity index is 1.36. The van der Waals surface area contributed by atoms with Gasteiger partial charge in [0.15, 0.2) is 10.7 Å². The Kier molecular flexibility index (Phi) is 8.45. The van der Waals surface area contributed by atoms with E-state index in [-0.39, 0.29) is 35.6 Å². The molecule has 0 bridgehead atoms. The standard InChI is InChI=1S/C28H33N3O5S/c1-4-35-25-12-9-23(10-13-25)19-29-28(32)24-15-17-31(18-16-24)37(33,34)27-21(3)30-36-26(27)14-11-22-7-5-20(2)6-8-22/h5-14,24H,4,15-19H2,1-3H3,(H,29,32). The number of nitrogens with zero attached hydrogens (tertiary/aromatic N) is 2. The number of ether oxygens (including phenoxy) is 1. The van der Waals surface area contributed by atoms with Gasteiger partial charge in [-0.1, -0.05) is 53.2 Å². The van der Waals surface area contributed by atoms with Crippen molar-refractivity contribution in [2.45, 2.75) is 45.1 Å². The second-order valence-corrected chi connectivity index (χ2v) is 11.1. The average molecular weight is 524 g/mol. The third-order valence-corrected chi connectivity index (χ3v) is 8.52. The van der Waals surface area contributed by atoms with Crippen molar-refractivity contribution in [2.75, 3.05) is 19.7 Å². The first-order chi connectivity index (χ1) is 17.8. The predicted octanol–water partition coefficient (Wildman–Crippen LogP) is 4.58. The largest absolute Gasteiger partial charge is 0.494 e. The van der Waals surface area contributed by atoms with Crippen molar-refractivity contribution in [2.24, 2.45) is 5.92 Å². The number of sulfonamides is 1. The fraction of sp³-hybridized carbons (Fsp3) is 0.357. The van der Waals surface area contributed by atoms with Crippen LogP contribution in [-0.2, 0) is 21.4 Å². The molecule has 1 N–H and O–H groups in total. The quantitative estimate of drug-likeness (QED) is 0.441. The van der Waals surface area contributed by atoms with Gasteiger partial charge < -0.3 is 14.6 Å². The molecule has 1 fully saturated rings. The Labute approximate surface area is 218 Å². The molecule has 1 aromatic heterocycles. The van der Waals surface area contributed by atoms with Gasteiger partial charge in [0, 0.05) is 25.6 Å². The van der Waals surface area contributed by atoms with E-state index in [0.29, 0.717) is 31.7 Å². The minimum absolute atomic E-state index is 0.0613. The van der Waals surface area contributed by atoms with E-state index >= 15 is 0 Å². The number of piperidine rings is 1. The number of carbonyl (C=O) groups is 1. The van der Waals surface area contributed by atoms with Gasteiger partial charge in [-0.05, 0) is 62.9 Å². The SMILES string of the molecule is CCOc1ccc(CNC(=O)C2CCN(S(=O)(=O)c3c(C)noc3C=Cc3ccc(C)cc3)CC2)cc1. The zero-order valence-electron chi connectivity index (χ0n) is 21.4.